The van der Waals surface area contributed by atoms with Gasteiger partial charge in [0.15, 0.2) is 13.2 Å². The van der Waals surface area contributed by atoms with E-state index in [1.807, 2.05) is 53.1 Å². The molecule has 0 atom stereocenters. The lowest BCUT2D eigenvalue weighted by Crippen LogP contribution is -2.41. The Morgan fingerprint density at radius 3 is 2.60 bits per heavy atom. The zero-order valence-corrected chi connectivity index (χ0v) is 15.4. The summed E-state index contributed by atoms with van der Waals surface area (Å²) in [5.41, 5.74) is 1.04. The first kappa shape index (κ1) is 19.5. The average molecular weight is 384 g/mol. The second-order valence-electron chi connectivity index (χ2n) is 4.97. The van der Waals surface area contributed by atoms with Gasteiger partial charge in [-0.3, -0.25) is 10.1 Å². The number of carbonyl (C=O) groups excluding carboxylic acids is 3. The van der Waals surface area contributed by atoms with E-state index in [-0.39, 0.29) is 6.61 Å². The van der Waals surface area contributed by atoms with Gasteiger partial charge in [0.1, 0.15) is 5.75 Å². The fourth-order valence-corrected chi connectivity index (χ4v) is 4.95. The molecule has 1 aromatic rings. The molecule has 1 aliphatic heterocycles. The van der Waals surface area contributed by atoms with Gasteiger partial charge in [-0.1, -0.05) is 18.2 Å². The molecule has 0 bridgehead atoms. The second-order valence-corrected chi connectivity index (χ2v) is 7.69. The molecule has 2 rings (SSSR count). The molecule has 1 aliphatic rings. The van der Waals surface area contributed by atoms with Crippen LogP contribution < -0.4 is 15.4 Å². The predicted octanol–water partition coefficient (Wildman–Crippen LogP) is 1.93. The summed E-state index contributed by atoms with van der Waals surface area (Å²) in [4.78, 5) is 34.3. The molecule has 136 valence electrons. The standard InChI is InChI=1S/C16H20N2O5S2/c1-2-17-16(21)18-13(19)9-23-14(20)10-22-12-6-4-3-5-11(12)15-24-7-8-25-15/h3-6,15H,2,7-10H2,1H3,(H2,17,18,19,21). The second kappa shape index (κ2) is 10.2. The van der Waals surface area contributed by atoms with Gasteiger partial charge in [-0.25, -0.2) is 9.59 Å². The number of hydrogen-bond acceptors (Lipinski definition) is 7. The van der Waals surface area contributed by atoms with E-state index >= 15 is 0 Å². The topological polar surface area (TPSA) is 93.7 Å². The maximum atomic E-state index is 11.7. The minimum Gasteiger partial charge on any atom is -0.482 e. The van der Waals surface area contributed by atoms with E-state index in [0.29, 0.717) is 16.9 Å². The predicted molar refractivity (Wildman–Crippen MR) is 97.8 cm³/mol. The molecule has 0 spiro atoms. The van der Waals surface area contributed by atoms with Crippen LogP contribution in [0.4, 0.5) is 4.79 Å². The van der Waals surface area contributed by atoms with E-state index in [9.17, 15) is 14.4 Å². The molecular formula is C16H20N2O5S2. The minimum absolute atomic E-state index is 0.298. The van der Waals surface area contributed by atoms with Crippen LogP contribution in [0.5, 0.6) is 5.75 Å². The molecule has 0 saturated carbocycles. The van der Waals surface area contributed by atoms with Gasteiger partial charge in [0.05, 0.1) is 4.58 Å². The van der Waals surface area contributed by atoms with Crippen molar-refractivity contribution in [3.05, 3.63) is 29.8 Å². The molecule has 25 heavy (non-hydrogen) atoms. The van der Waals surface area contributed by atoms with E-state index in [2.05, 4.69) is 5.32 Å². The summed E-state index contributed by atoms with van der Waals surface area (Å²) in [7, 11) is 0. The van der Waals surface area contributed by atoms with Crippen molar-refractivity contribution < 1.29 is 23.9 Å². The highest BCUT2D eigenvalue weighted by Gasteiger charge is 2.22. The number of hydrogen-bond donors (Lipinski definition) is 2. The average Bonchev–Trinajstić information content (AvgIpc) is 3.13. The number of amides is 3. The van der Waals surface area contributed by atoms with Gasteiger partial charge in [-0.05, 0) is 13.0 Å². The molecule has 0 unspecified atom stereocenters. The Hall–Kier alpha value is -1.87. The highest BCUT2D eigenvalue weighted by atomic mass is 32.2. The summed E-state index contributed by atoms with van der Waals surface area (Å²) in [6.45, 7) is 1.29. The number of benzene rings is 1. The van der Waals surface area contributed by atoms with Crippen LogP contribution in [0, 0.1) is 0 Å². The van der Waals surface area contributed by atoms with Crippen molar-refractivity contribution in [2.75, 3.05) is 31.3 Å². The van der Waals surface area contributed by atoms with Crippen LogP contribution in [0.25, 0.3) is 0 Å². The van der Waals surface area contributed by atoms with E-state index in [1.165, 1.54) is 0 Å². The molecule has 0 aromatic heterocycles. The summed E-state index contributed by atoms with van der Waals surface area (Å²) in [5.74, 6) is 1.45. The van der Waals surface area contributed by atoms with E-state index in [1.54, 1.807) is 6.92 Å². The van der Waals surface area contributed by atoms with E-state index in [0.717, 1.165) is 17.1 Å². The quantitative estimate of drug-likeness (QED) is 0.694. The molecule has 0 radical (unpaired) electrons. The van der Waals surface area contributed by atoms with Crippen molar-refractivity contribution in [2.24, 2.45) is 0 Å². The van der Waals surface area contributed by atoms with Gasteiger partial charge in [0.2, 0.25) is 0 Å². The molecule has 1 fully saturated rings. The Kier molecular flexibility index (Phi) is 7.93. The summed E-state index contributed by atoms with van der Waals surface area (Å²) >= 11 is 3.69. The lowest BCUT2D eigenvalue weighted by Gasteiger charge is -2.14. The largest absolute Gasteiger partial charge is 0.482 e. The smallest absolute Gasteiger partial charge is 0.344 e. The molecule has 1 saturated heterocycles. The molecular weight excluding hydrogens is 364 g/mol. The molecule has 0 aliphatic carbocycles. The minimum atomic E-state index is -0.696. The third-order valence-corrected chi connectivity index (χ3v) is 6.16. The number of esters is 1. The number of ether oxygens (including phenoxy) is 2. The number of rotatable bonds is 7. The number of thioether (sulfide) groups is 2. The monoisotopic (exact) mass is 384 g/mol. The zero-order valence-electron chi connectivity index (χ0n) is 13.8. The molecule has 9 heteroatoms. The van der Waals surface area contributed by atoms with Crippen molar-refractivity contribution in [1.82, 2.24) is 10.6 Å². The number of nitrogens with one attached hydrogen (secondary N) is 2. The first-order valence-corrected chi connectivity index (χ1v) is 9.88. The van der Waals surface area contributed by atoms with Crippen molar-refractivity contribution in [1.29, 1.82) is 0 Å². The van der Waals surface area contributed by atoms with Crippen molar-refractivity contribution in [3.8, 4) is 5.75 Å². The number of urea groups is 1. The Bertz CT molecular complexity index is 620. The number of carbonyl (C=O) groups is 3. The van der Waals surface area contributed by atoms with Crippen LogP contribution in [-0.4, -0.2) is 49.2 Å². The Morgan fingerprint density at radius 1 is 1.16 bits per heavy atom. The first-order valence-electron chi connectivity index (χ1n) is 7.78. The third-order valence-electron chi connectivity index (χ3n) is 3.09. The fourth-order valence-electron chi connectivity index (χ4n) is 2.04. The van der Waals surface area contributed by atoms with Gasteiger partial charge in [0, 0.05) is 23.6 Å². The highest BCUT2D eigenvalue weighted by molar-refractivity contribution is 8.19. The van der Waals surface area contributed by atoms with Crippen LogP contribution in [0.15, 0.2) is 24.3 Å². The summed E-state index contributed by atoms with van der Waals surface area (Å²) in [6, 6.07) is 6.94. The normalized spacial score (nSPS) is 14.0. The van der Waals surface area contributed by atoms with Crippen molar-refractivity contribution in [2.45, 2.75) is 11.5 Å². The Morgan fingerprint density at radius 2 is 1.88 bits per heavy atom. The Balaban J connectivity index is 1.77. The maximum absolute atomic E-state index is 11.7. The van der Waals surface area contributed by atoms with Crippen molar-refractivity contribution in [3.63, 3.8) is 0 Å². The summed E-state index contributed by atoms with van der Waals surface area (Å²) < 4.78 is 10.7. The van der Waals surface area contributed by atoms with Crippen LogP contribution in [0.3, 0.4) is 0 Å². The van der Waals surface area contributed by atoms with Gasteiger partial charge in [0.25, 0.3) is 5.91 Å². The highest BCUT2D eigenvalue weighted by Crippen LogP contribution is 2.48. The lowest BCUT2D eigenvalue weighted by molar-refractivity contribution is -0.150. The number of imide groups is 1. The Labute approximate surface area is 154 Å². The van der Waals surface area contributed by atoms with Crippen molar-refractivity contribution >= 4 is 41.4 Å². The first-order chi connectivity index (χ1) is 12.1. The molecule has 7 nitrogen and oxygen atoms in total. The van der Waals surface area contributed by atoms with Gasteiger partial charge in [-0.2, -0.15) is 0 Å². The van der Waals surface area contributed by atoms with Crippen LogP contribution in [-0.2, 0) is 14.3 Å². The van der Waals surface area contributed by atoms with Gasteiger partial charge in [-0.15, -0.1) is 23.5 Å². The van der Waals surface area contributed by atoms with E-state index < -0.39 is 24.5 Å². The summed E-state index contributed by atoms with van der Waals surface area (Å²) in [5, 5.41) is 4.45. The number of para-hydroxylation sites is 1. The zero-order chi connectivity index (χ0) is 18.1. The third kappa shape index (κ3) is 6.50. The molecule has 1 heterocycles. The molecule has 2 N–H and O–H groups in total. The molecule has 3 amide bonds. The lowest BCUT2D eigenvalue weighted by atomic mass is 10.2. The van der Waals surface area contributed by atoms with Crippen LogP contribution >= 0.6 is 23.5 Å². The van der Waals surface area contributed by atoms with Crippen LogP contribution in [0.1, 0.15) is 17.1 Å². The maximum Gasteiger partial charge on any atom is 0.344 e. The fraction of sp³-hybridized carbons (Fsp3) is 0.438. The summed E-state index contributed by atoms with van der Waals surface area (Å²) in [6.07, 6.45) is 0. The van der Waals surface area contributed by atoms with Crippen LogP contribution in [0.2, 0.25) is 0 Å². The van der Waals surface area contributed by atoms with E-state index in [4.69, 9.17) is 9.47 Å². The SMILES string of the molecule is CCNC(=O)NC(=O)COC(=O)COc1ccccc1C1SCCS1. The van der Waals surface area contributed by atoms with Gasteiger partial charge >= 0.3 is 12.0 Å². The van der Waals surface area contributed by atoms with Gasteiger partial charge < -0.3 is 14.8 Å². The molecule has 1 aromatic carbocycles.